The van der Waals surface area contributed by atoms with Crippen molar-refractivity contribution in [3.05, 3.63) is 75.4 Å². The molecular formula is C20H15ClN2O4. The van der Waals surface area contributed by atoms with Gasteiger partial charge in [0.2, 0.25) is 5.82 Å². The lowest BCUT2D eigenvalue weighted by molar-refractivity contribution is 0.243. The van der Waals surface area contributed by atoms with E-state index in [4.69, 9.17) is 25.3 Å². The van der Waals surface area contributed by atoms with Gasteiger partial charge >= 0.3 is 5.63 Å². The van der Waals surface area contributed by atoms with Crippen molar-refractivity contribution in [3.63, 3.8) is 0 Å². The van der Waals surface area contributed by atoms with E-state index in [0.717, 1.165) is 22.9 Å². The van der Waals surface area contributed by atoms with E-state index < -0.39 is 0 Å². The molecule has 0 atom stereocenters. The summed E-state index contributed by atoms with van der Waals surface area (Å²) in [5, 5.41) is 5.48. The quantitative estimate of drug-likeness (QED) is 0.468. The Morgan fingerprint density at radius 2 is 1.93 bits per heavy atom. The maximum atomic E-state index is 11.7. The molecule has 0 saturated heterocycles. The summed E-state index contributed by atoms with van der Waals surface area (Å²) in [5.41, 5.74) is 1.86. The minimum Gasteiger partial charge on any atom is -0.484 e. The predicted octanol–water partition coefficient (Wildman–Crippen LogP) is 4.64. The molecule has 0 N–H and O–H groups in total. The fraction of sp³-hybridized carbons (Fsp3) is 0.150. The first-order valence-electron chi connectivity index (χ1n) is 8.40. The highest BCUT2D eigenvalue weighted by molar-refractivity contribution is 6.30. The summed E-state index contributed by atoms with van der Waals surface area (Å²) in [6, 6.07) is 14.0. The molecule has 2 aromatic carbocycles. The number of ether oxygens (including phenoxy) is 1. The van der Waals surface area contributed by atoms with Crippen molar-refractivity contribution in [1.29, 1.82) is 0 Å². The van der Waals surface area contributed by atoms with E-state index in [-0.39, 0.29) is 12.2 Å². The van der Waals surface area contributed by atoms with E-state index in [1.807, 2.05) is 31.2 Å². The Bertz CT molecular complexity index is 1150. The molecule has 2 aromatic heterocycles. The molecular weight excluding hydrogens is 368 g/mol. The lowest BCUT2D eigenvalue weighted by Crippen LogP contribution is -2.00. The van der Waals surface area contributed by atoms with Gasteiger partial charge in [0.15, 0.2) is 6.61 Å². The normalized spacial score (nSPS) is 11.0. The van der Waals surface area contributed by atoms with Gasteiger partial charge in [-0.05, 0) is 48.4 Å². The number of halogens is 1. The molecule has 0 bridgehead atoms. The van der Waals surface area contributed by atoms with Gasteiger partial charge in [0, 0.05) is 28.1 Å². The minimum absolute atomic E-state index is 0.101. The summed E-state index contributed by atoms with van der Waals surface area (Å²) < 4.78 is 16.2. The van der Waals surface area contributed by atoms with E-state index in [1.54, 1.807) is 18.2 Å². The largest absolute Gasteiger partial charge is 0.484 e. The van der Waals surface area contributed by atoms with Crippen LogP contribution in [-0.2, 0) is 13.0 Å². The standard InChI is InChI=1S/C20H15ClN2O4/c1-2-12-9-19(24)26-17-10-15(7-8-16(12)17)25-11-18-22-20(23-27-18)13-3-5-14(21)6-4-13/h3-10H,2,11H2,1H3. The Morgan fingerprint density at radius 3 is 2.70 bits per heavy atom. The SMILES string of the molecule is CCc1cc(=O)oc2cc(OCc3nc(-c4ccc(Cl)cc4)no3)ccc12. The number of hydrogen-bond acceptors (Lipinski definition) is 6. The van der Waals surface area contributed by atoms with E-state index in [0.29, 0.717) is 28.1 Å². The third-order valence-corrected chi connectivity index (χ3v) is 4.37. The molecule has 6 nitrogen and oxygen atoms in total. The van der Waals surface area contributed by atoms with Crippen LogP contribution in [0, 0.1) is 0 Å². The number of aromatic nitrogens is 2. The lowest BCUT2D eigenvalue weighted by atomic mass is 10.1. The molecule has 0 fully saturated rings. The summed E-state index contributed by atoms with van der Waals surface area (Å²) in [7, 11) is 0. The summed E-state index contributed by atoms with van der Waals surface area (Å²) in [6.45, 7) is 2.09. The minimum atomic E-state index is -0.374. The second-order valence-corrected chi connectivity index (χ2v) is 6.35. The summed E-state index contributed by atoms with van der Waals surface area (Å²) in [6.07, 6.45) is 0.748. The fourth-order valence-corrected chi connectivity index (χ4v) is 2.89. The second-order valence-electron chi connectivity index (χ2n) is 5.91. The molecule has 0 radical (unpaired) electrons. The molecule has 27 heavy (non-hydrogen) atoms. The molecule has 4 rings (SSSR count). The summed E-state index contributed by atoms with van der Waals surface area (Å²) in [4.78, 5) is 16.0. The first-order chi connectivity index (χ1) is 13.1. The molecule has 0 unspecified atom stereocenters. The van der Waals surface area contributed by atoms with Crippen molar-refractivity contribution in [2.45, 2.75) is 20.0 Å². The monoisotopic (exact) mass is 382 g/mol. The zero-order chi connectivity index (χ0) is 18.8. The number of hydrogen-bond donors (Lipinski definition) is 0. The van der Waals surface area contributed by atoms with Gasteiger partial charge in [-0.25, -0.2) is 4.79 Å². The second kappa shape index (κ2) is 7.25. The van der Waals surface area contributed by atoms with Crippen LogP contribution >= 0.6 is 11.6 Å². The topological polar surface area (TPSA) is 78.4 Å². The van der Waals surface area contributed by atoms with Gasteiger partial charge in [0.1, 0.15) is 11.3 Å². The van der Waals surface area contributed by atoms with E-state index >= 15 is 0 Å². The van der Waals surface area contributed by atoms with E-state index in [1.165, 1.54) is 6.07 Å². The van der Waals surface area contributed by atoms with Gasteiger partial charge in [0.05, 0.1) is 0 Å². The molecule has 7 heteroatoms. The van der Waals surface area contributed by atoms with Crippen molar-refractivity contribution < 1.29 is 13.7 Å². The number of fused-ring (bicyclic) bond motifs is 1. The molecule has 4 aromatic rings. The summed E-state index contributed by atoms with van der Waals surface area (Å²) in [5.74, 6) is 1.34. The van der Waals surface area contributed by atoms with Gasteiger partial charge < -0.3 is 13.7 Å². The van der Waals surface area contributed by atoms with Crippen molar-refractivity contribution in [3.8, 4) is 17.1 Å². The Morgan fingerprint density at radius 1 is 1.11 bits per heavy atom. The van der Waals surface area contributed by atoms with E-state index in [9.17, 15) is 4.79 Å². The molecule has 0 spiro atoms. The first kappa shape index (κ1) is 17.3. The molecule has 0 amide bonds. The lowest BCUT2D eigenvalue weighted by Gasteiger charge is -2.06. The van der Waals surface area contributed by atoms with Crippen LogP contribution in [0.15, 0.2) is 62.3 Å². The van der Waals surface area contributed by atoms with Crippen LogP contribution in [0.1, 0.15) is 18.4 Å². The van der Waals surface area contributed by atoms with Crippen molar-refractivity contribution in [2.24, 2.45) is 0 Å². The zero-order valence-electron chi connectivity index (χ0n) is 14.4. The van der Waals surface area contributed by atoms with Crippen LogP contribution in [0.25, 0.3) is 22.4 Å². The highest BCUT2D eigenvalue weighted by Crippen LogP contribution is 2.24. The van der Waals surface area contributed by atoms with Crippen LogP contribution in [0.3, 0.4) is 0 Å². The van der Waals surface area contributed by atoms with Crippen molar-refractivity contribution >= 4 is 22.6 Å². The van der Waals surface area contributed by atoms with Gasteiger partial charge in [-0.1, -0.05) is 23.7 Å². The smallest absolute Gasteiger partial charge is 0.336 e. The Kier molecular flexibility index (Phi) is 4.64. The first-order valence-corrected chi connectivity index (χ1v) is 8.78. The third kappa shape index (κ3) is 3.71. The highest BCUT2D eigenvalue weighted by atomic mass is 35.5. The predicted molar refractivity (Wildman–Crippen MR) is 101 cm³/mol. The Labute approximate surface area is 159 Å². The number of rotatable bonds is 5. The van der Waals surface area contributed by atoms with Gasteiger partial charge in [-0.3, -0.25) is 0 Å². The maximum Gasteiger partial charge on any atom is 0.336 e. The van der Waals surface area contributed by atoms with Gasteiger partial charge in [-0.15, -0.1) is 0 Å². The fourth-order valence-electron chi connectivity index (χ4n) is 2.77. The number of aryl methyl sites for hydroxylation is 1. The van der Waals surface area contributed by atoms with Crippen molar-refractivity contribution in [2.75, 3.05) is 0 Å². The van der Waals surface area contributed by atoms with Crippen LogP contribution in [-0.4, -0.2) is 10.1 Å². The third-order valence-electron chi connectivity index (χ3n) is 4.12. The molecule has 0 aliphatic rings. The Balaban J connectivity index is 1.52. The van der Waals surface area contributed by atoms with Gasteiger partial charge in [-0.2, -0.15) is 4.98 Å². The van der Waals surface area contributed by atoms with Crippen LogP contribution in [0.5, 0.6) is 5.75 Å². The molecule has 0 aliphatic heterocycles. The van der Waals surface area contributed by atoms with Crippen LogP contribution in [0.4, 0.5) is 0 Å². The maximum absolute atomic E-state index is 11.7. The molecule has 0 aliphatic carbocycles. The van der Waals surface area contributed by atoms with Crippen LogP contribution in [0.2, 0.25) is 5.02 Å². The Hall–Kier alpha value is -3.12. The highest BCUT2D eigenvalue weighted by Gasteiger charge is 2.10. The van der Waals surface area contributed by atoms with Crippen LogP contribution < -0.4 is 10.4 Å². The van der Waals surface area contributed by atoms with Gasteiger partial charge in [0.25, 0.3) is 5.89 Å². The number of nitrogens with zero attached hydrogens (tertiary/aromatic N) is 2. The molecule has 0 saturated carbocycles. The molecule has 2 heterocycles. The number of benzene rings is 2. The average molecular weight is 383 g/mol. The van der Waals surface area contributed by atoms with Crippen molar-refractivity contribution in [1.82, 2.24) is 10.1 Å². The zero-order valence-corrected chi connectivity index (χ0v) is 15.2. The average Bonchev–Trinajstić information content (AvgIpc) is 3.15. The molecule has 136 valence electrons. The van der Waals surface area contributed by atoms with E-state index in [2.05, 4.69) is 10.1 Å². The summed E-state index contributed by atoms with van der Waals surface area (Å²) >= 11 is 5.88.